The van der Waals surface area contributed by atoms with Crippen LogP contribution in [0.1, 0.15) is 32.8 Å². The van der Waals surface area contributed by atoms with Gasteiger partial charge in [0.25, 0.3) is 0 Å². The zero-order chi connectivity index (χ0) is 24.1. The number of carbonyl (C=O) groups excluding carboxylic acids is 2. The summed E-state index contributed by atoms with van der Waals surface area (Å²) in [6.07, 6.45) is -0.545. The Morgan fingerprint density at radius 1 is 1.12 bits per heavy atom. The Hall–Kier alpha value is -3.26. The highest BCUT2D eigenvalue weighted by Gasteiger charge is 2.40. The molecule has 8 nitrogen and oxygen atoms in total. The molecule has 1 unspecified atom stereocenters. The van der Waals surface area contributed by atoms with Gasteiger partial charge in [-0.05, 0) is 55.8 Å². The Bertz CT molecular complexity index is 994. The summed E-state index contributed by atoms with van der Waals surface area (Å²) >= 11 is 5.98. The Labute approximate surface area is 198 Å². The van der Waals surface area contributed by atoms with Gasteiger partial charge in [0, 0.05) is 23.8 Å². The number of hydrogen-bond donors (Lipinski definition) is 2. The molecule has 0 spiro atoms. The van der Waals surface area contributed by atoms with E-state index in [0.29, 0.717) is 5.02 Å². The molecule has 1 fully saturated rings. The maximum atomic E-state index is 13.3. The normalized spacial score (nSPS) is 17.3. The summed E-state index contributed by atoms with van der Waals surface area (Å²) in [5.41, 5.74) is 1.56. The number of imide groups is 1. The third-order valence-corrected chi connectivity index (χ3v) is 5.48. The van der Waals surface area contributed by atoms with Gasteiger partial charge in [-0.3, -0.25) is 19.4 Å². The zero-order valence-corrected chi connectivity index (χ0v) is 19.6. The molecule has 0 saturated carbocycles. The molecule has 3 rings (SSSR count). The van der Waals surface area contributed by atoms with E-state index in [0.717, 1.165) is 21.9 Å². The van der Waals surface area contributed by atoms with Crippen molar-refractivity contribution in [2.24, 2.45) is 5.92 Å². The summed E-state index contributed by atoms with van der Waals surface area (Å²) in [6.45, 7) is 5.40. The van der Waals surface area contributed by atoms with Crippen LogP contribution in [0.3, 0.4) is 0 Å². The van der Waals surface area contributed by atoms with E-state index in [9.17, 15) is 19.5 Å². The van der Waals surface area contributed by atoms with Crippen LogP contribution in [0.25, 0.3) is 0 Å². The van der Waals surface area contributed by atoms with Gasteiger partial charge >= 0.3 is 12.0 Å². The fourth-order valence-electron chi connectivity index (χ4n) is 3.50. The fraction of sp³-hybridized carbons (Fsp3) is 0.375. The van der Waals surface area contributed by atoms with E-state index in [2.05, 4.69) is 5.32 Å². The molecule has 2 aromatic rings. The Kier molecular flexibility index (Phi) is 7.81. The molecule has 0 aromatic heterocycles. The van der Waals surface area contributed by atoms with Crippen LogP contribution in [0, 0.1) is 5.92 Å². The lowest BCUT2D eigenvalue weighted by atomic mass is 10.1. The van der Waals surface area contributed by atoms with Crippen LogP contribution in [0.2, 0.25) is 5.02 Å². The van der Waals surface area contributed by atoms with Crippen LogP contribution < -0.4 is 10.1 Å². The molecule has 9 heteroatoms. The van der Waals surface area contributed by atoms with Crippen molar-refractivity contribution in [3.8, 4) is 5.75 Å². The maximum Gasteiger partial charge on any atom is 0.328 e. The van der Waals surface area contributed by atoms with Gasteiger partial charge in [-0.25, -0.2) is 4.79 Å². The van der Waals surface area contributed by atoms with Crippen molar-refractivity contribution in [3.63, 3.8) is 0 Å². The van der Waals surface area contributed by atoms with E-state index < -0.39 is 30.0 Å². The third kappa shape index (κ3) is 6.38. The number of hydrogen-bond acceptors (Lipinski definition) is 5. The number of benzene rings is 2. The maximum absolute atomic E-state index is 13.3. The van der Waals surface area contributed by atoms with Gasteiger partial charge in [0.2, 0.25) is 5.91 Å². The van der Waals surface area contributed by atoms with Crippen LogP contribution in [-0.2, 0) is 16.1 Å². The van der Waals surface area contributed by atoms with Crippen molar-refractivity contribution in [1.29, 1.82) is 0 Å². The summed E-state index contributed by atoms with van der Waals surface area (Å²) in [6, 6.07) is 13.8. The summed E-state index contributed by atoms with van der Waals surface area (Å²) in [5.74, 6) is -1.63. The van der Waals surface area contributed by atoms with Gasteiger partial charge in [-0.2, -0.15) is 0 Å². The summed E-state index contributed by atoms with van der Waals surface area (Å²) in [7, 11) is 0. The lowest BCUT2D eigenvalue weighted by Gasteiger charge is -2.41. The van der Waals surface area contributed by atoms with Crippen molar-refractivity contribution in [2.75, 3.05) is 11.9 Å². The predicted octanol–water partition coefficient (Wildman–Crippen LogP) is 4.44. The number of urea groups is 1. The second-order valence-corrected chi connectivity index (χ2v) is 8.77. The lowest BCUT2D eigenvalue weighted by Crippen LogP contribution is -2.59. The Morgan fingerprint density at radius 3 is 2.33 bits per heavy atom. The second-order valence-electron chi connectivity index (χ2n) is 8.34. The van der Waals surface area contributed by atoms with Crippen molar-refractivity contribution in [2.45, 2.75) is 46.0 Å². The number of carbonyl (C=O) groups is 3. The smallest absolute Gasteiger partial charge is 0.328 e. The minimum absolute atomic E-state index is 0.00984. The number of nitrogens with one attached hydrogen (secondary N) is 1. The van der Waals surface area contributed by atoms with Crippen LogP contribution in [0.5, 0.6) is 5.75 Å². The summed E-state index contributed by atoms with van der Waals surface area (Å²) < 4.78 is 5.66. The number of nitrogens with zero attached hydrogens (tertiary/aromatic N) is 2. The summed E-state index contributed by atoms with van der Waals surface area (Å²) in [4.78, 5) is 39.9. The van der Waals surface area contributed by atoms with Gasteiger partial charge in [-0.1, -0.05) is 30.7 Å². The number of rotatable bonds is 9. The first-order valence-electron chi connectivity index (χ1n) is 10.8. The molecule has 0 bridgehead atoms. The molecule has 2 atom stereocenters. The monoisotopic (exact) mass is 473 g/mol. The number of carboxylic acid groups (broad SMARTS) is 1. The molecule has 1 heterocycles. The largest absolute Gasteiger partial charge is 0.491 e. The van der Waals surface area contributed by atoms with Crippen molar-refractivity contribution in [1.82, 2.24) is 9.80 Å². The molecule has 1 aliphatic rings. The molecular weight excluding hydrogens is 446 g/mol. The predicted molar refractivity (Wildman–Crippen MR) is 125 cm³/mol. The molecule has 33 heavy (non-hydrogen) atoms. The Morgan fingerprint density at radius 2 is 1.76 bits per heavy atom. The average Bonchev–Trinajstić information content (AvgIpc) is 2.76. The minimum Gasteiger partial charge on any atom is -0.491 e. The van der Waals surface area contributed by atoms with E-state index in [4.69, 9.17) is 16.3 Å². The number of carboxylic acids is 1. The fourth-order valence-corrected chi connectivity index (χ4v) is 3.63. The highest BCUT2D eigenvalue weighted by molar-refractivity contribution is 6.30. The van der Waals surface area contributed by atoms with Gasteiger partial charge in [-0.15, -0.1) is 0 Å². The second kappa shape index (κ2) is 10.6. The van der Waals surface area contributed by atoms with Gasteiger partial charge in [0.15, 0.2) is 0 Å². The van der Waals surface area contributed by atoms with E-state index >= 15 is 0 Å². The van der Waals surface area contributed by atoms with E-state index in [1.54, 1.807) is 12.1 Å². The standard InChI is InChI=1S/C24H28ClN3O5/c1-15(2)33-20-10-8-19(9-11-20)26-21-12-22(29)28(13-16(3)23(30)31)24(32)27(21)14-17-4-6-18(25)7-5-17/h4-11,15-16,21,26H,12-14H2,1-3H3,(H,30,31)/t16-,21?/m0/s1. The SMILES string of the molecule is CC(C)Oc1ccc(NC2CC(=O)N(C[C@H](C)C(=O)O)C(=O)N2Cc2ccc(Cl)cc2)cc1. The number of anilines is 1. The number of aliphatic carboxylic acids is 1. The Balaban J connectivity index is 1.83. The lowest BCUT2D eigenvalue weighted by molar-refractivity contribution is -0.142. The molecule has 2 N–H and O–H groups in total. The molecule has 2 aromatic carbocycles. The highest BCUT2D eigenvalue weighted by atomic mass is 35.5. The van der Waals surface area contributed by atoms with E-state index in [1.165, 1.54) is 11.8 Å². The third-order valence-electron chi connectivity index (χ3n) is 5.23. The first-order chi connectivity index (χ1) is 15.6. The van der Waals surface area contributed by atoms with Crippen LogP contribution in [-0.4, -0.2) is 51.6 Å². The topological polar surface area (TPSA) is 99.2 Å². The van der Waals surface area contributed by atoms with Crippen molar-refractivity contribution < 1.29 is 24.2 Å². The van der Waals surface area contributed by atoms with Crippen molar-refractivity contribution in [3.05, 3.63) is 59.1 Å². The van der Waals surface area contributed by atoms with Crippen LogP contribution in [0.15, 0.2) is 48.5 Å². The van der Waals surface area contributed by atoms with E-state index in [1.807, 2.05) is 50.2 Å². The van der Waals surface area contributed by atoms with Gasteiger partial charge in [0.05, 0.1) is 18.4 Å². The number of ether oxygens (including phenoxy) is 1. The first-order valence-corrected chi connectivity index (χ1v) is 11.1. The zero-order valence-electron chi connectivity index (χ0n) is 18.8. The van der Waals surface area contributed by atoms with Gasteiger partial charge in [0.1, 0.15) is 11.9 Å². The van der Waals surface area contributed by atoms with Gasteiger partial charge < -0.3 is 15.2 Å². The molecule has 1 aliphatic heterocycles. The quantitative estimate of drug-likeness (QED) is 0.558. The number of amides is 3. The molecule has 3 amide bonds. The molecule has 176 valence electrons. The first kappa shape index (κ1) is 24.4. The molecule has 0 aliphatic carbocycles. The number of halogens is 1. The molecular formula is C24H28ClN3O5. The van der Waals surface area contributed by atoms with Crippen LogP contribution in [0.4, 0.5) is 10.5 Å². The average molecular weight is 474 g/mol. The molecule has 0 radical (unpaired) electrons. The molecule has 1 saturated heterocycles. The summed E-state index contributed by atoms with van der Waals surface area (Å²) in [5, 5.41) is 13.1. The minimum atomic E-state index is -1.07. The van der Waals surface area contributed by atoms with Crippen LogP contribution >= 0.6 is 11.6 Å². The van der Waals surface area contributed by atoms with Crippen molar-refractivity contribution >= 4 is 35.2 Å². The van der Waals surface area contributed by atoms with E-state index in [-0.39, 0.29) is 25.6 Å². The highest BCUT2D eigenvalue weighted by Crippen LogP contribution is 2.25.